The summed E-state index contributed by atoms with van der Waals surface area (Å²) >= 11 is 0. The first kappa shape index (κ1) is 21.1. The smallest absolute Gasteiger partial charge is 0.245 e. The highest BCUT2D eigenvalue weighted by molar-refractivity contribution is 5.90. The second-order valence-corrected chi connectivity index (χ2v) is 8.51. The highest BCUT2D eigenvalue weighted by Gasteiger charge is 2.34. The maximum atomic E-state index is 13.0. The van der Waals surface area contributed by atoms with Gasteiger partial charge in [0.15, 0.2) is 0 Å². The van der Waals surface area contributed by atoms with Crippen molar-refractivity contribution in [2.45, 2.75) is 37.6 Å². The van der Waals surface area contributed by atoms with Crippen LogP contribution in [-0.4, -0.2) is 50.8 Å². The SMILES string of the molecule is O=C1CC[C@@H](C(=O)N2CCC[C@H](c3nc(Nc4ccccc4)cc(-c4cccnc4)n3)C2)N1. The summed E-state index contributed by atoms with van der Waals surface area (Å²) in [6.07, 6.45) is 6.29. The number of hydrogen-bond donors (Lipinski definition) is 2. The summed E-state index contributed by atoms with van der Waals surface area (Å²) in [6, 6.07) is 15.3. The summed E-state index contributed by atoms with van der Waals surface area (Å²) in [6.45, 7) is 1.24. The summed E-state index contributed by atoms with van der Waals surface area (Å²) in [5, 5.41) is 6.17. The zero-order valence-corrected chi connectivity index (χ0v) is 18.3. The molecule has 3 aromatic rings. The van der Waals surface area contributed by atoms with Gasteiger partial charge >= 0.3 is 0 Å². The fourth-order valence-corrected chi connectivity index (χ4v) is 4.45. The van der Waals surface area contributed by atoms with Crippen molar-refractivity contribution >= 4 is 23.3 Å². The summed E-state index contributed by atoms with van der Waals surface area (Å²) in [7, 11) is 0. The molecule has 8 nitrogen and oxygen atoms in total. The van der Waals surface area contributed by atoms with Gasteiger partial charge in [-0.15, -0.1) is 0 Å². The molecule has 0 radical (unpaired) electrons. The van der Waals surface area contributed by atoms with Crippen LogP contribution < -0.4 is 10.6 Å². The summed E-state index contributed by atoms with van der Waals surface area (Å²) in [5.74, 6) is 1.38. The highest BCUT2D eigenvalue weighted by Crippen LogP contribution is 2.29. The van der Waals surface area contributed by atoms with Gasteiger partial charge < -0.3 is 15.5 Å². The quantitative estimate of drug-likeness (QED) is 0.629. The van der Waals surface area contributed by atoms with Crippen molar-refractivity contribution in [3.05, 3.63) is 66.7 Å². The Hall–Kier alpha value is -3.81. The third-order valence-corrected chi connectivity index (χ3v) is 6.14. The fraction of sp³-hybridized carbons (Fsp3) is 0.320. The van der Waals surface area contributed by atoms with E-state index in [1.807, 2.05) is 53.4 Å². The van der Waals surface area contributed by atoms with E-state index in [4.69, 9.17) is 9.97 Å². The molecule has 168 valence electrons. The van der Waals surface area contributed by atoms with Crippen LogP contribution in [0.2, 0.25) is 0 Å². The topological polar surface area (TPSA) is 100 Å². The fourth-order valence-electron chi connectivity index (χ4n) is 4.45. The van der Waals surface area contributed by atoms with Gasteiger partial charge in [0.2, 0.25) is 11.8 Å². The van der Waals surface area contributed by atoms with E-state index in [0.717, 1.165) is 29.8 Å². The number of para-hydroxylation sites is 1. The van der Waals surface area contributed by atoms with Crippen LogP contribution in [0.3, 0.4) is 0 Å². The molecule has 33 heavy (non-hydrogen) atoms. The summed E-state index contributed by atoms with van der Waals surface area (Å²) < 4.78 is 0. The van der Waals surface area contributed by atoms with Crippen molar-refractivity contribution in [2.75, 3.05) is 18.4 Å². The molecule has 1 aromatic carbocycles. The monoisotopic (exact) mass is 442 g/mol. The van der Waals surface area contributed by atoms with Crippen molar-refractivity contribution in [1.82, 2.24) is 25.2 Å². The number of rotatable bonds is 5. The number of piperidine rings is 1. The molecule has 0 saturated carbocycles. The van der Waals surface area contributed by atoms with Gasteiger partial charge in [0.25, 0.3) is 0 Å². The molecule has 0 aliphatic carbocycles. The van der Waals surface area contributed by atoms with Crippen LogP contribution in [0.4, 0.5) is 11.5 Å². The zero-order valence-electron chi connectivity index (χ0n) is 18.3. The normalized spacial score (nSPS) is 20.4. The molecule has 2 atom stereocenters. The molecule has 2 fully saturated rings. The number of carbonyl (C=O) groups excluding carboxylic acids is 2. The van der Waals surface area contributed by atoms with Crippen molar-refractivity contribution in [3.63, 3.8) is 0 Å². The Morgan fingerprint density at radius 3 is 2.73 bits per heavy atom. The minimum atomic E-state index is -0.408. The van der Waals surface area contributed by atoms with Crippen LogP contribution in [0, 0.1) is 0 Å². The Bertz CT molecular complexity index is 1140. The Labute approximate surface area is 192 Å². The predicted octanol–water partition coefficient (Wildman–Crippen LogP) is 3.27. The first-order valence-electron chi connectivity index (χ1n) is 11.4. The summed E-state index contributed by atoms with van der Waals surface area (Å²) in [4.78, 5) is 40.3. The van der Waals surface area contributed by atoms with Crippen LogP contribution in [0.25, 0.3) is 11.3 Å². The summed E-state index contributed by atoms with van der Waals surface area (Å²) in [5.41, 5.74) is 2.64. The molecule has 2 N–H and O–H groups in total. The second-order valence-electron chi connectivity index (χ2n) is 8.51. The lowest BCUT2D eigenvalue weighted by molar-refractivity contribution is -0.135. The van der Waals surface area contributed by atoms with Gasteiger partial charge in [-0.1, -0.05) is 18.2 Å². The Kier molecular flexibility index (Phi) is 5.97. The molecular weight excluding hydrogens is 416 g/mol. The number of anilines is 2. The number of nitrogens with one attached hydrogen (secondary N) is 2. The van der Waals surface area contributed by atoms with Gasteiger partial charge in [-0.25, -0.2) is 9.97 Å². The minimum Gasteiger partial charge on any atom is -0.344 e. The average Bonchev–Trinajstić information content (AvgIpc) is 3.31. The van der Waals surface area contributed by atoms with E-state index in [1.165, 1.54) is 0 Å². The van der Waals surface area contributed by atoms with Gasteiger partial charge in [0.1, 0.15) is 17.7 Å². The molecular formula is C25H26N6O2. The van der Waals surface area contributed by atoms with Gasteiger partial charge in [0, 0.05) is 55.1 Å². The van der Waals surface area contributed by atoms with Crippen LogP contribution >= 0.6 is 0 Å². The number of pyridine rings is 1. The molecule has 2 amide bonds. The zero-order chi connectivity index (χ0) is 22.6. The number of nitrogens with zero attached hydrogens (tertiary/aromatic N) is 4. The number of hydrogen-bond acceptors (Lipinski definition) is 6. The van der Waals surface area contributed by atoms with Crippen molar-refractivity contribution in [3.8, 4) is 11.3 Å². The predicted molar refractivity (Wildman–Crippen MR) is 125 cm³/mol. The Morgan fingerprint density at radius 2 is 1.97 bits per heavy atom. The Balaban J connectivity index is 1.42. The van der Waals surface area contributed by atoms with Gasteiger partial charge in [-0.05, 0) is 43.5 Å². The number of carbonyl (C=O) groups is 2. The largest absolute Gasteiger partial charge is 0.344 e. The van der Waals surface area contributed by atoms with E-state index < -0.39 is 6.04 Å². The maximum absolute atomic E-state index is 13.0. The molecule has 2 aromatic heterocycles. The molecule has 2 aliphatic rings. The van der Waals surface area contributed by atoms with E-state index in [0.29, 0.717) is 37.6 Å². The molecule has 2 saturated heterocycles. The van der Waals surface area contributed by atoms with E-state index in [9.17, 15) is 9.59 Å². The lowest BCUT2D eigenvalue weighted by Crippen LogP contribution is -2.48. The lowest BCUT2D eigenvalue weighted by atomic mass is 9.96. The van der Waals surface area contributed by atoms with Gasteiger partial charge in [-0.3, -0.25) is 14.6 Å². The van der Waals surface area contributed by atoms with Crippen molar-refractivity contribution < 1.29 is 9.59 Å². The Morgan fingerprint density at radius 1 is 1.09 bits per heavy atom. The first-order valence-corrected chi connectivity index (χ1v) is 11.4. The average molecular weight is 443 g/mol. The van der Waals surface area contributed by atoms with Gasteiger partial charge in [-0.2, -0.15) is 0 Å². The second kappa shape index (κ2) is 9.36. The van der Waals surface area contributed by atoms with Gasteiger partial charge in [0.05, 0.1) is 5.69 Å². The number of amides is 2. The molecule has 5 rings (SSSR count). The highest BCUT2D eigenvalue weighted by atomic mass is 16.2. The molecule has 0 bridgehead atoms. The minimum absolute atomic E-state index is 0.00315. The molecule has 2 aliphatic heterocycles. The van der Waals surface area contributed by atoms with E-state index >= 15 is 0 Å². The standard InChI is InChI=1S/C25H26N6O2/c32-23-11-10-20(28-23)25(33)31-13-5-7-18(16-31)24-29-21(17-6-4-12-26-15-17)14-22(30-24)27-19-8-2-1-3-9-19/h1-4,6,8-9,12,14-15,18,20H,5,7,10-11,13,16H2,(H,28,32)(H,27,29,30)/t18-,20-/m0/s1. The van der Waals surface area contributed by atoms with Crippen LogP contribution in [0.5, 0.6) is 0 Å². The molecule has 0 spiro atoms. The first-order chi connectivity index (χ1) is 16.2. The number of benzene rings is 1. The van der Waals surface area contributed by atoms with Crippen molar-refractivity contribution in [2.24, 2.45) is 0 Å². The van der Waals surface area contributed by atoms with E-state index in [2.05, 4.69) is 15.6 Å². The van der Waals surface area contributed by atoms with E-state index in [-0.39, 0.29) is 17.7 Å². The van der Waals surface area contributed by atoms with E-state index in [1.54, 1.807) is 12.4 Å². The molecule has 8 heteroatoms. The molecule has 0 unspecified atom stereocenters. The van der Waals surface area contributed by atoms with Crippen LogP contribution in [0.1, 0.15) is 37.4 Å². The number of likely N-dealkylation sites (tertiary alicyclic amines) is 1. The van der Waals surface area contributed by atoms with Crippen molar-refractivity contribution in [1.29, 1.82) is 0 Å². The third-order valence-electron chi connectivity index (χ3n) is 6.14. The molecule has 4 heterocycles. The third kappa shape index (κ3) is 4.84. The lowest BCUT2D eigenvalue weighted by Gasteiger charge is -2.33. The maximum Gasteiger partial charge on any atom is 0.245 e. The van der Waals surface area contributed by atoms with Crippen LogP contribution in [0.15, 0.2) is 60.9 Å². The van der Waals surface area contributed by atoms with Crippen LogP contribution in [-0.2, 0) is 9.59 Å². The number of aromatic nitrogens is 3.